The van der Waals surface area contributed by atoms with Crippen LogP contribution in [0.15, 0.2) is 36.4 Å². The zero-order valence-corrected chi connectivity index (χ0v) is 11.0. The summed E-state index contributed by atoms with van der Waals surface area (Å²) in [5, 5.41) is 9.10. The Balaban J connectivity index is 2.32. The average molecular weight is 259 g/mol. The molecule has 4 heteroatoms. The Labute approximate surface area is 112 Å². The van der Waals surface area contributed by atoms with E-state index >= 15 is 0 Å². The van der Waals surface area contributed by atoms with Gasteiger partial charge in [0.1, 0.15) is 0 Å². The third kappa shape index (κ3) is 2.98. The van der Waals surface area contributed by atoms with Crippen LogP contribution in [0.25, 0.3) is 0 Å². The van der Waals surface area contributed by atoms with Gasteiger partial charge in [-0.2, -0.15) is 0 Å². The van der Waals surface area contributed by atoms with E-state index in [0.717, 1.165) is 11.1 Å². The summed E-state index contributed by atoms with van der Waals surface area (Å²) >= 11 is 0. The van der Waals surface area contributed by atoms with Crippen LogP contribution in [-0.2, 0) is 6.61 Å². The number of aryl methyl sites for hydroxylation is 1. The molecule has 19 heavy (non-hydrogen) atoms. The Kier molecular flexibility index (Phi) is 3.92. The molecular weight excluding hydrogens is 242 g/mol. The standard InChI is InChI=1S/C15H17NO3/c1-10-3-5-13(12(16)7-10)19-14-6-4-11(9-17)8-15(14)18-2/h3-8,17H,9,16H2,1-2H3. The van der Waals surface area contributed by atoms with E-state index in [1.54, 1.807) is 25.3 Å². The molecule has 0 unspecified atom stereocenters. The molecule has 0 heterocycles. The molecule has 0 atom stereocenters. The SMILES string of the molecule is COc1cc(CO)ccc1Oc1ccc(C)cc1N. The van der Waals surface area contributed by atoms with Gasteiger partial charge in [-0.05, 0) is 42.3 Å². The lowest BCUT2D eigenvalue weighted by Gasteiger charge is -2.13. The van der Waals surface area contributed by atoms with Crippen LogP contribution in [0.2, 0.25) is 0 Å². The highest BCUT2D eigenvalue weighted by Gasteiger charge is 2.08. The fourth-order valence-corrected chi connectivity index (χ4v) is 1.77. The summed E-state index contributed by atoms with van der Waals surface area (Å²) in [4.78, 5) is 0. The summed E-state index contributed by atoms with van der Waals surface area (Å²) in [6.45, 7) is 1.93. The zero-order valence-electron chi connectivity index (χ0n) is 11.0. The van der Waals surface area contributed by atoms with Gasteiger partial charge in [-0.3, -0.25) is 0 Å². The normalized spacial score (nSPS) is 10.3. The molecule has 0 aliphatic rings. The van der Waals surface area contributed by atoms with Crippen LogP contribution < -0.4 is 15.2 Å². The molecule has 0 aliphatic carbocycles. The van der Waals surface area contributed by atoms with Crippen LogP contribution in [0.5, 0.6) is 17.2 Å². The van der Waals surface area contributed by atoms with Gasteiger partial charge < -0.3 is 20.3 Å². The molecule has 0 fully saturated rings. The van der Waals surface area contributed by atoms with E-state index in [1.165, 1.54) is 0 Å². The number of aliphatic hydroxyl groups is 1. The number of benzene rings is 2. The Hall–Kier alpha value is -2.20. The number of anilines is 1. The molecule has 0 spiro atoms. The number of hydrogen-bond donors (Lipinski definition) is 2. The van der Waals surface area contributed by atoms with Crippen molar-refractivity contribution >= 4 is 5.69 Å². The summed E-state index contributed by atoms with van der Waals surface area (Å²) < 4.78 is 11.0. The molecular formula is C15H17NO3. The third-order valence-electron chi connectivity index (χ3n) is 2.80. The highest BCUT2D eigenvalue weighted by Crippen LogP contribution is 2.35. The molecule has 0 bridgehead atoms. The maximum absolute atomic E-state index is 9.10. The lowest BCUT2D eigenvalue weighted by atomic mass is 10.2. The maximum Gasteiger partial charge on any atom is 0.169 e. The zero-order chi connectivity index (χ0) is 13.8. The number of hydrogen-bond acceptors (Lipinski definition) is 4. The van der Waals surface area contributed by atoms with Crippen molar-refractivity contribution in [1.82, 2.24) is 0 Å². The second-order valence-corrected chi connectivity index (χ2v) is 4.29. The predicted octanol–water partition coefficient (Wildman–Crippen LogP) is 2.87. The Morgan fingerprint density at radius 3 is 2.42 bits per heavy atom. The third-order valence-corrected chi connectivity index (χ3v) is 2.80. The van der Waals surface area contributed by atoms with Crippen LogP contribution in [0.1, 0.15) is 11.1 Å². The largest absolute Gasteiger partial charge is 0.493 e. The van der Waals surface area contributed by atoms with E-state index in [4.69, 9.17) is 20.3 Å². The molecule has 2 rings (SSSR count). The van der Waals surface area contributed by atoms with Crippen LogP contribution in [0.4, 0.5) is 5.69 Å². The minimum Gasteiger partial charge on any atom is -0.493 e. The van der Waals surface area contributed by atoms with Crippen LogP contribution in [-0.4, -0.2) is 12.2 Å². The first-order chi connectivity index (χ1) is 9.13. The van der Waals surface area contributed by atoms with Crippen molar-refractivity contribution in [2.45, 2.75) is 13.5 Å². The van der Waals surface area contributed by atoms with E-state index in [-0.39, 0.29) is 6.61 Å². The van der Waals surface area contributed by atoms with Crippen molar-refractivity contribution in [3.8, 4) is 17.2 Å². The highest BCUT2D eigenvalue weighted by molar-refractivity contribution is 5.57. The Morgan fingerprint density at radius 2 is 1.79 bits per heavy atom. The van der Waals surface area contributed by atoms with E-state index in [1.807, 2.05) is 25.1 Å². The summed E-state index contributed by atoms with van der Waals surface area (Å²) in [5.74, 6) is 1.71. The van der Waals surface area contributed by atoms with Gasteiger partial charge >= 0.3 is 0 Å². The molecule has 0 saturated carbocycles. The molecule has 100 valence electrons. The fourth-order valence-electron chi connectivity index (χ4n) is 1.77. The van der Waals surface area contributed by atoms with E-state index < -0.39 is 0 Å². The van der Waals surface area contributed by atoms with Gasteiger partial charge in [0.2, 0.25) is 0 Å². The van der Waals surface area contributed by atoms with Crippen molar-refractivity contribution in [2.24, 2.45) is 0 Å². The average Bonchev–Trinajstić information content (AvgIpc) is 2.42. The van der Waals surface area contributed by atoms with E-state index in [2.05, 4.69) is 0 Å². The van der Waals surface area contributed by atoms with Gasteiger partial charge in [0.25, 0.3) is 0 Å². The van der Waals surface area contributed by atoms with Gasteiger partial charge in [0.05, 0.1) is 19.4 Å². The molecule has 2 aromatic carbocycles. The van der Waals surface area contributed by atoms with E-state index in [9.17, 15) is 0 Å². The highest BCUT2D eigenvalue weighted by atomic mass is 16.5. The molecule has 0 aromatic heterocycles. The first-order valence-electron chi connectivity index (χ1n) is 5.96. The monoisotopic (exact) mass is 259 g/mol. The van der Waals surface area contributed by atoms with Gasteiger partial charge in [-0.25, -0.2) is 0 Å². The first kappa shape index (κ1) is 13.2. The quantitative estimate of drug-likeness (QED) is 0.829. The number of aliphatic hydroxyl groups excluding tert-OH is 1. The number of nitrogens with two attached hydrogens (primary N) is 1. The summed E-state index contributed by atoms with van der Waals surface area (Å²) in [5.41, 5.74) is 8.33. The number of nitrogen functional groups attached to an aromatic ring is 1. The fraction of sp³-hybridized carbons (Fsp3) is 0.200. The van der Waals surface area contributed by atoms with Crippen LogP contribution in [0, 0.1) is 6.92 Å². The summed E-state index contributed by atoms with van der Waals surface area (Å²) in [6.07, 6.45) is 0. The molecule has 0 aliphatic heterocycles. The molecule has 0 saturated heterocycles. The maximum atomic E-state index is 9.10. The molecule has 0 radical (unpaired) electrons. The molecule has 3 N–H and O–H groups in total. The molecule has 4 nitrogen and oxygen atoms in total. The predicted molar refractivity (Wildman–Crippen MR) is 74.6 cm³/mol. The molecule has 0 amide bonds. The number of ether oxygens (including phenoxy) is 2. The topological polar surface area (TPSA) is 64.7 Å². The van der Waals surface area contributed by atoms with Crippen molar-refractivity contribution < 1.29 is 14.6 Å². The van der Waals surface area contributed by atoms with Crippen molar-refractivity contribution in [3.63, 3.8) is 0 Å². The minimum absolute atomic E-state index is 0.0384. The molecule has 2 aromatic rings. The lowest BCUT2D eigenvalue weighted by molar-refractivity contribution is 0.280. The Morgan fingerprint density at radius 1 is 1.05 bits per heavy atom. The van der Waals surface area contributed by atoms with E-state index in [0.29, 0.717) is 22.9 Å². The summed E-state index contributed by atoms with van der Waals surface area (Å²) in [7, 11) is 1.56. The number of rotatable bonds is 4. The smallest absolute Gasteiger partial charge is 0.169 e. The first-order valence-corrected chi connectivity index (χ1v) is 5.96. The lowest BCUT2D eigenvalue weighted by Crippen LogP contribution is -1.96. The van der Waals surface area contributed by atoms with Crippen LogP contribution >= 0.6 is 0 Å². The van der Waals surface area contributed by atoms with Gasteiger partial charge in [-0.1, -0.05) is 12.1 Å². The summed E-state index contributed by atoms with van der Waals surface area (Å²) in [6, 6.07) is 10.9. The van der Waals surface area contributed by atoms with Crippen LogP contribution in [0.3, 0.4) is 0 Å². The van der Waals surface area contributed by atoms with Gasteiger partial charge in [0.15, 0.2) is 17.2 Å². The van der Waals surface area contributed by atoms with Crippen molar-refractivity contribution in [1.29, 1.82) is 0 Å². The second-order valence-electron chi connectivity index (χ2n) is 4.29. The second kappa shape index (κ2) is 5.63. The number of methoxy groups -OCH3 is 1. The minimum atomic E-state index is -0.0384. The van der Waals surface area contributed by atoms with Crippen molar-refractivity contribution in [2.75, 3.05) is 12.8 Å². The van der Waals surface area contributed by atoms with Crippen molar-refractivity contribution in [3.05, 3.63) is 47.5 Å². The van der Waals surface area contributed by atoms with Gasteiger partial charge in [-0.15, -0.1) is 0 Å². The Bertz CT molecular complexity index is 582. The van der Waals surface area contributed by atoms with Gasteiger partial charge in [0, 0.05) is 0 Å².